The summed E-state index contributed by atoms with van der Waals surface area (Å²) in [6.07, 6.45) is 6.47. The van der Waals surface area contributed by atoms with E-state index in [0.29, 0.717) is 11.9 Å². The van der Waals surface area contributed by atoms with Gasteiger partial charge in [0.1, 0.15) is 6.54 Å². The maximum Gasteiger partial charge on any atom is 0.333 e. The molecule has 0 saturated carbocycles. The number of hydrogen-bond acceptors (Lipinski definition) is 4. The average molecular weight is 404 g/mol. The SMILES string of the molecule is CC1(NC(=O)Cn2c(=O)n(C3=CCCCC3)c3ccccc32)CCS(=O)(=O)C1. The number of imidazole rings is 1. The first-order valence-electron chi connectivity index (χ1n) is 9.69. The summed E-state index contributed by atoms with van der Waals surface area (Å²) in [5, 5.41) is 2.84. The molecule has 2 aliphatic rings. The lowest BCUT2D eigenvalue weighted by molar-refractivity contribution is -0.123. The fraction of sp³-hybridized carbons (Fsp3) is 0.500. The van der Waals surface area contributed by atoms with Gasteiger partial charge in [-0.05, 0) is 51.2 Å². The van der Waals surface area contributed by atoms with Gasteiger partial charge in [-0.2, -0.15) is 0 Å². The van der Waals surface area contributed by atoms with E-state index in [1.54, 1.807) is 11.5 Å². The summed E-state index contributed by atoms with van der Waals surface area (Å²) >= 11 is 0. The molecule has 4 rings (SSSR count). The number of allylic oxidation sites excluding steroid dienone is 2. The smallest absolute Gasteiger partial charge is 0.333 e. The Morgan fingerprint density at radius 3 is 2.61 bits per heavy atom. The molecule has 1 saturated heterocycles. The zero-order valence-electron chi connectivity index (χ0n) is 16.0. The van der Waals surface area contributed by atoms with Crippen molar-refractivity contribution in [3.8, 4) is 0 Å². The van der Waals surface area contributed by atoms with Crippen LogP contribution in [0.3, 0.4) is 0 Å². The normalized spacial score (nSPS) is 24.2. The standard InChI is InChI=1S/C20H25N3O4S/c1-20(11-12-28(26,27)14-20)21-18(24)13-22-16-9-5-6-10-17(16)23(19(22)25)15-7-3-2-4-8-15/h5-7,9-10H,2-4,8,11-14H2,1H3,(H,21,24). The van der Waals surface area contributed by atoms with E-state index in [1.807, 2.05) is 24.3 Å². The molecule has 0 bridgehead atoms. The number of nitrogens with zero attached hydrogens (tertiary/aromatic N) is 2. The third-order valence-electron chi connectivity index (χ3n) is 5.64. The van der Waals surface area contributed by atoms with Crippen molar-refractivity contribution < 1.29 is 13.2 Å². The molecule has 150 valence electrons. The van der Waals surface area contributed by atoms with Gasteiger partial charge in [0.05, 0.1) is 28.1 Å². The van der Waals surface area contributed by atoms with Crippen molar-refractivity contribution in [2.75, 3.05) is 11.5 Å². The number of rotatable bonds is 4. The Balaban J connectivity index is 1.66. The van der Waals surface area contributed by atoms with Gasteiger partial charge >= 0.3 is 5.69 Å². The number of nitrogens with one attached hydrogen (secondary N) is 1. The number of aromatic nitrogens is 2. The van der Waals surface area contributed by atoms with Crippen molar-refractivity contribution in [1.29, 1.82) is 0 Å². The van der Waals surface area contributed by atoms with Crippen LogP contribution in [0.5, 0.6) is 0 Å². The van der Waals surface area contributed by atoms with E-state index < -0.39 is 15.4 Å². The second kappa shape index (κ2) is 6.92. The lowest BCUT2D eigenvalue weighted by Gasteiger charge is -2.23. The Morgan fingerprint density at radius 1 is 1.21 bits per heavy atom. The fourth-order valence-electron chi connectivity index (χ4n) is 4.29. The Labute approximate surface area is 164 Å². The van der Waals surface area contributed by atoms with E-state index in [1.165, 1.54) is 4.57 Å². The van der Waals surface area contributed by atoms with Gasteiger partial charge in [-0.15, -0.1) is 0 Å². The molecule has 0 spiro atoms. The van der Waals surface area contributed by atoms with Crippen LogP contribution in [0, 0.1) is 0 Å². The zero-order valence-corrected chi connectivity index (χ0v) is 16.8. The first kappa shape index (κ1) is 19.0. The number of hydrogen-bond donors (Lipinski definition) is 1. The summed E-state index contributed by atoms with van der Waals surface area (Å²) in [4.78, 5) is 25.8. The second-order valence-corrected chi connectivity index (χ2v) is 10.3. The summed E-state index contributed by atoms with van der Waals surface area (Å²) in [5.41, 5.74) is 1.49. The van der Waals surface area contributed by atoms with E-state index in [4.69, 9.17) is 0 Å². The molecule has 1 unspecified atom stereocenters. The molecule has 7 nitrogen and oxygen atoms in total. The van der Waals surface area contributed by atoms with Crippen molar-refractivity contribution in [1.82, 2.24) is 14.5 Å². The highest BCUT2D eigenvalue weighted by molar-refractivity contribution is 7.91. The third-order valence-corrected chi connectivity index (χ3v) is 7.54. The minimum absolute atomic E-state index is 0.0602. The van der Waals surface area contributed by atoms with Gasteiger partial charge in [-0.1, -0.05) is 18.2 Å². The first-order chi connectivity index (χ1) is 13.3. The predicted octanol–water partition coefficient (Wildman–Crippen LogP) is 1.91. The summed E-state index contributed by atoms with van der Waals surface area (Å²) in [7, 11) is -3.12. The van der Waals surface area contributed by atoms with Crippen molar-refractivity contribution in [2.45, 2.75) is 51.1 Å². The van der Waals surface area contributed by atoms with Gasteiger partial charge in [0.2, 0.25) is 5.91 Å². The lowest BCUT2D eigenvalue weighted by Crippen LogP contribution is -2.48. The van der Waals surface area contributed by atoms with E-state index in [9.17, 15) is 18.0 Å². The highest BCUT2D eigenvalue weighted by atomic mass is 32.2. The lowest BCUT2D eigenvalue weighted by atomic mass is 10.0. The molecule has 2 heterocycles. The summed E-state index contributed by atoms with van der Waals surface area (Å²) in [5.74, 6) is -0.325. The quantitative estimate of drug-likeness (QED) is 0.844. The Kier molecular flexibility index (Phi) is 4.69. The van der Waals surface area contributed by atoms with Crippen LogP contribution in [0.25, 0.3) is 16.7 Å². The molecule has 28 heavy (non-hydrogen) atoms. The molecule has 2 aromatic rings. The number of para-hydroxylation sites is 2. The number of carbonyl (C=O) groups excluding carboxylic acids is 1. The van der Waals surface area contributed by atoms with Crippen LogP contribution in [0.1, 0.15) is 39.0 Å². The van der Waals surface area contributed by atoms with Crippen LogP contribution >= 0.6 is 0 Å². The molecule has 1 aliphatic heterocycles. The molecule has 1 aromatic heterocycles. The molecule has 0 radical (unpaired) electrons. The van der Waals surface area contributed by atoms with Gasteiger partial charge < -0.3 is 5.32 Å². The molecule has 8 heteroatoms. The maximum atomic E-state index is 13.2. The zero-order chi connectivity index (χ0) is 19.9. The van der Waals surface area contributed by atoms with Crippen LogP contribution < -0.4 is 11.0 Å². The van der Waals surface area contributed by atoms with Crippen molar-refractivity contribution in [3.05, 3.63) is 40.8 Å². The molecular weight excluding hydrogens is 378 g/mol. The van der Waals surface area contributed by atoms with Gasteiger partial charge in [-0.25, -0.2) is 13.2 Å². The Hall–Kier alpha value is -2.35. The molecule has 1 atom stereocenters. The van der Waals surface area contributed by atoms with E-state index in [-0.39, 0.29) is 29.6 Å². The summed E-state index contributed by atoms with van der Waals surface area (Å²) in [6, 6.07) is 7.47. The predicted molar refractivity (Wildman–Crippen MR) is 109 cm³/mol. The number of amides is 1. The second-order valence-electron chi connectivity index (χ2n) is 8.08. The minimum atomic E-state index is -3.12. The number of benzene rings is 1. The Bertz CT molecular complexity index is 1130. The monoisotopic (exact) mass is 403 g/mol. The molecule has 1 fully saturated rings. The Morgan fingerprint density at radius 2 is 1.96 bits per heavy atom. The van der Waals surface area contributed by atoms with E-state index >= 15 is 0 Å². The molecule has 1 N–H and O–H groups in total. The van der Waals surface area contributed by atoms with Crippen LogP contribution in [-0.2, 0) is 21.2 Å². The van der Waals surface area contributed by atoms with Crippen LogP contribution in [0.4, 0.5) is 0 Å². The number of carbonyl (C=O) groups is 1. The van der Waals surface area contributed by atoms with Gasteiger partial charge in [0.25, 0.3) is 0 Å². The van der Waals surface area contributed by atoms with Gasteiger partial charge in [0.15, 0.2) is 9.84 Å². The molecule has 1 aromatic carbocycles. The summed E-state index contributed by atoms with van der Waals surface area (Å²) in [6.45, 7) is 1.61. The molecule has 1 amide bonds. The maximum absolute atomic E-state index is 13.2. The fourth-order valence-corrected chi connectivity index (χ4v) is 6.38. The highest BCUT2D eigenvalue weighted by Gasteiger charge is 2.39. The number of sulfone groups is 1. The minimum Gasteiger partial charge on any atom is -0.348 e. The third kappa shape index (κ3) is 3.53. The first-order valence-corrected chi connectivity index (χ1v) is 11.5. The largest absolute Gasteiger partial charge is 0.348 e. The van der Waals surface area contributed by atoms with Gasteiger partial charge in [0, 0.05) is 5.70 Å². The van der Waals surface area contributed by atoms with Crippen molar-refractivity contribution in [2.24, 2.45) is 0 Å². The van der Waals surface area contributed by atoms with Crippen LogP contribution in [0.15, 0.2) is 35.1 Å². The van der Waals surface area contributed by atoms with Crippen molar-refractivity contribution in [3.63, 3.8) is 0 Å². The van der Waals surface area contributed by atoms with Crippen LogP contribution in [-0.4, -0.2) is 40.5 Å². The molecular formula is C20H25N3O4S. The highest BCUT2D eigenvalue weighted by Crippen LogP contribution is 2.25. The topological polar surface area (TPSA) is 90.2 Å². The van der Waals surface area contributed by atoms with Crippen LogP contribution in [0.2, 0.25) is 0 Å². The van der Waals surface area contributed by atoms with E-state index in [0.717, 1.165) is 36.9 Å². The summed E-state index contributed by atoms with van der Waals surface area (Å²) < 4.78 is 26.7. The molecule has 1 aliphatic carbocycles. The van der Waals surface area contributed by atoms with Crippen molar-refractivity contribution >= 4 is 32.5 Å². The van der Waals surface area contributed by atoms with Gasteiger partial charge in [-0.3, -0.25) is 13.9 Å². The average Bonchev–Trinajstić information content (AvgIpc) is 3.08. The van der Waals surface area contributed by atoms with E-state index in [2.05, 4.69) is 11.4 Å². The number of fused-ring (bicyclic) bond motifs is 1.